The average molecular weight is 497 g/mol. The molecule has 0 saturated carbocycles. The number of rotatable bonds is 8. The quantitative estimate of drug-likeness (QED) is 0.512. The van der Waals surface area contributed by atoms with E-state index in [0.29, 0.717) is 0 Å². The number of carbonyl (C=O) groups is 2. The number of fused-ring (bicyclic) bond motifs is 1. The Morgan fingerprint density at radius 2 is 1.58 bits per heavy atom. The number of hydrogen-bond acceptors (Lipinski definition) is 9. The van der Waals surface area contributed by atoms with Crippen molar-refractivity contribution in [2.24, 2.45) is 0 Å². The Morgan fingerprint density at radius 3 is 2.22 bits per heavy atom. The summed E-state index contributed by atoms with van der Waals surface area (Å²) in [6.45, 7) is 2.88. The second-order valence-electron chi connectivity index (χ2n) is 8.63. The third kappa shape index (κ3) is 5.32. The maximum atomic E-state index is 12.5. The molecule has 4 rings (SSSR count). The fourth-order valence-corrected chi connectivity index (χ4v) is 4.61. The molecule has 0 amide bonds. The fraction of sp³-hybridized carbons (Fsp3) is 0.407. The van der Waals surface area contributed by atoms with Gasteiger partial charge in [-0.15, -0.1) is 0 Å². The third-order valence-electron chi connectivity index (χ3n) is 6.59. The van der Waals surface area contributed by atoms with E-state index in [1.807, 2.05) is 24.3 Å². The van der Waals surface area contributed by atoms with Crippen LogP contribution in [0.5, 0.6) is 11.5 Å². The SMILES string of the molecule is COC(=O)C1=C(C(=O)OC)N(c2ccc(CCN3CCc4cc(OC)c(OC)cc4C3)cc2)COC1. The lowest BCUT2D eigenvalue weighted by Gasteiger charge is -2.31. The standard InChI is InChI=1S/C27H32N2O7/c1-32-23-13-19-10-12-28(15-20(19)14-24(23)33-2)11-9-18-5-7-21(8-6-18)29-17-36-16-22(26(30)34-3)25(29)27(31)35-4/h5-8,13-14H,9-12,15-17H2,1-4H3. The van der Waals surface area contributed by atoms with Crippen molar-refractivity contribution in [1.82, 2.24) is 4.90 Å². The van der Waals surface area contributed by atoms with Crippen LogP contribution in [-0.4, -0.2) is 71.7 Å². The molecule has 0 saturated heterocycles. The van der Waals surface area contributed by atoms with Gasteiger partial charge in [-0.2, -0.15) is 0 Å². The highest BCUT2D eigenvalue weighted by atomic mass is 16.5. The van der Waals surface area contributed by atoms with E-state index in [4.69, 9.17) is 23.7 Å². The maximum Gasteiger partial charge on any atom is 0.355 e. The molecule has 0 spiro atoms. The minimum absolute atomic E-state index is 0.0106. The normalized spacial score (nSPS) is 15.8. The van der Waals surface area contributed by atoms with E-state index in [1.165, 1.54) is 30.9 Å². The summed E-state index contributed by atoms with van der Waals surface area (Å²) in [5.41, 5.74) is 4.75. The van der Waals surface area contributed by atoms with Gasteiger partial charge in [-0.25, -0.2) is 9.59 Å². The van der Waals surface area contributed by atoms with Crippen LogP contribution in [0, 0.1) is 0 Å². The predicted molar refractivity (Wildman–Crippen MR) is 133 cm³/mol. The Hall–Kier alpha value is -3.56. The van der Waals surface area contributed by atoms with E-state index in [2.05, 4.69) is 17.0 Å². The zero-order valence-electron chi connectivity index (χ0n) is 21.2. The highest BCUT2D eigenvalue weighted by Crippen LogP contribution is 2.33. The van der Waals surface area contributed by atoms with Crippen molar-refractivity contribution < 1.29 is 33.3 Å². The van der Waals surface area contributed by atoms with E-state index in [1.54, 1.807) is 19.1 Å². The van der Waals surface area contributed by atoms with Crippen molar-refractivity contribution in [1.29, 1.82) is 0 Å². The Bertz CT molecular complexity index is 1140. The first-order valence-corrected chi connectivity index (χ1v) is 11.8. The number of carbonyl (C=O) groups excluding carboxylic acids is 2. The molecular formula is C27H32N2O7. The topological polar surface area (TPSA) is 86.8 Å². The molecule has 2 aliphatic rings. The molecule has 2 aliphatic heterocycles. The van der Waals surface area contributed by atoms with Gasteiger partial charge in [0.05, 0.1) is 40.6 Å². The Labute approximate surface area is 211 Å². The summed E-state index contributed by atoms with van der Waals surface area (Å²) in [5, 5.41) is 0. The summed E-state index contributed by atoms with van der Waals surface area (Å²) in [6, 6.07) is 12.1. The van der Waals surface area contributed by atoms with Crippen LogP contribution >= 0.6 is 0 Å². The monoisotopic (exact) mass is 496 g/mol. The molecule has 2 aromatic carbocycles. The van der Waals surface area contributed by atoms with Crippen molar-refractivity contribution in [3.8, 4) is 11.5 Å². The van der Waals surface area contributed by atoms with Gasteiger partial charge in [0, 0.05) is 25.3 Å². The Balaban J connectivity index is 1.43. The minimum Gasteiger partial charge on any atom is -0.493 e. The van der Waals surface area contributed by atoms with Crippen LogP contribution in [0.15, 0.2) is 47.7 Å². The van der Waals surface area contributed by atoms with Crippen molar-refractivity contribution in [3.63, 3.8) is 0 Å². The van der Waals surface area contributed by atoms with Gasteiger partial charge in [-0.05, 0) is 53.8 Å². The van der Waals surface area contributed by atoms with Crippen LogP contribution in [0.1, 0.15) is 16.7 Å². The van der Waals surface area contributed by atoms with E-state index in [-0.39, 0.29) is 24.6 Å². The molecule has 9 heteroatoms. The molecule has 0 radical (unpaired) electrons. The molecule has 0 aromatic heterocycles. The van der Waals surface area contributed by atoms with Gasteiger partial charge >= 0.3 is 11.9 Å². The molecule has 9 nitrogen and oxygen atoms in total. The Morgan fingerprint density at radius 1 is 0.917 bits per heavy atom. The summed E-state index contributed by atoms with van der Waals surface area (Å²) in [4.78, 5) is 28.7. The first kappa shape index (κ1) is 25.5. The molecule has 0 aliphatic carbocycles. The molecule has 0 fully saturated rings. The smallest absolute Gasteiger partial charge is 0.355 e. The Kier molecular flexibility index (Phi) is 8.12. The second-order valence-corrected chi connectivity index (χ2v) is 8.63. The lowest BCUT2D eigenvalue weighted by atomic mass is 9.98. The van der Waals surface area contributed by atoms with Crippen LogP contribution < -0.4 is 14.4 Å². The number of nitrogens with zero attached hydrogens (tertiary/aromatic N) is 2. The van der Waals surface area contributed by atoms with Gasteiger partial charge in [0.1, 0.15) is 12.4 Å². The largest absolute Gasteiger partial charge is 0.493 e. The molecular weight excluding hydrogens is 464 g/mol. The molecule has 0 N–H and O–H groups in total. The summed E-state index contributed by atoms with van der Waals surface area (Å²) in [6.07, 6.45) is 1.85. The van der Waals surface area contributed by atoms with Gasteiger partial charge in [-0.3, -0.25) is 4.90 Å². The highest BCUT2D eigenvalue weighted by molar-refractivity contribution is 6.03. The van der Waals surface area contributed by atoms with Crippen molar-refractivity contribution in [3.05, 3.63) is 64.4 Å². The van der Waals surface area contributed by atoms with Crippen LogP contribution in [0.4, 0.5) is 5.69 Å². The number of benzene rings is 2. The van der Waals surface area contributed by atoms with E-state index in [9.17, 15) is 9.59 Å². The van der Waals surface area contributed by atoms with Crippen LogP contribution in [-0.2, 0) is 43.2 Å². The number of ether oxygens (including phenoxy) is 5. The summed E-state index contributed by atoms with van der Waals surface area (Å²) < 4.78 is 26.2. The lowest BCUT2D eigenvalue weighted by molar-refractivity contribution is -0.140. The van der Waals surface area contributed by atoms with Crippen molar-refractivity contribution >= 4 is 17.6 Å². The van der Waals surface area contributed by atoms with E-state index < -0.39 is 11.9 Å². The first-order chi connectivity index (χ1) is 17.5. The molecule has 0 bridgehead atoms. The third-order valence-corrected chi connectivity index (χ3v) is 6.59. The fourth-order valence-electron chi connectivity index (χ4n) is 4.61. The highest BCUT2D eigenvalue weighted by Gasteiger charge is 2.32. The lowest BCUT2D eigenvalue weighted by Crippen LogP contribution is -2.38. The van der Waals surface area contributed by atoms with Gasteiger partial charge in [0.25, 0.3) is 0 Å². The van der Waals surface area contributed by atoms with Gasteiger partial charge < -0.3 is 28.6 Å². The zero-order valence-corrected chi connectivity index (χ0v) is 21.2. The second kappa shape index (κ2) is 11.5. The van der Waals surface area contributed by atoms with Crippen LogP contribution in [0.2, 0.25) is 0 Å². The van der Waals surface area contributed by atoms with E-state index in [0.717, 1.165) is 49.7 Å². The van der Waals surface area contributed by atoms with Crippen LogP contribution in [0.25, 0.3) is 0 Å². The number of anilines is 1. The zero-order chi connectivity index (χ0) is 25.7. The molecule has 36 heavy (non-hydrogen) atoms. The minimum atomic E-state index is -0.615. The van der Waals surface area contributed by atoms with Gasteiger partial charge in [-0.1, -0.05) is 12.1 Å². The molecule has 192 valence electrons. The number of esters is 2. The molecule has 2 heterocycles. The van der Waals surface area contributed by atoms with Gasteiger partial charge in [0.15, 0.2) is 11.5 Å². The number of hydrogen-bond donors (Lipinski definition) is 0. The molecule has 2 aromatic rings. The van der Waals surface area contributed by atoms with E-state index >= 15 is 0 Å². The summed E-state index contributed by atoms with van der Waals surface area (Å²) >= 11 is 0. The van der Waals surface area contributed by atoms with Crippen molar-refractivity contribution in [2.45, 2.75) is 19.4 Å². The summed E-state index contributed by atoms with van der Waals surface area (Å²) in [7, 11) is 5.87. The number of methoxy groups -OCH3 is 4. The predicted octanol–water partition coefficient (Wildman–Crippen LogP) is 2.70. The summed E-state index contributed by atoms with van der Waals surface area (Å²) in [5.74, 6) is 0.303. The first-order valence-electron chi connectivity index (χ1n) is 11.8. The average Bonchev–Trinajstić information content (AvgIpc) is 2.94. The van der Waals surface area contributed by atoms with Gasteiger partial charge in [0.2, 0.25) is 0 Å². The van der Waals surface area contributed by atoms with Crippen LogP contribution in [0.3, 0.4) is 0 Å². The molecule has 0 atom stereocenters. The molecule has 0 unspecified atom stereocenters. The van der Waals surface area contributed by atoms with Crippen molar-refractivity contribution in [2.75, 3.05) is 59.8 Å². The maximum absolute atomic E-state index is 12.5.